The van der Waals surface area contributed by atoms with Crippen molar-refractivity contribution in [3.8, 4) is 0 Å². The number of hydrogen-bond donors (Lipinski definition) is 1. The molecule has 1 aromatic rings. The van der Waals surface area contributed by atoms with E-state index in [1.165, 1.54) is 12.1 Å². The Kier molecular flexibility index (Phi) is 6.21. The van der Waals surface area contributed by atoms with Crippen molar-refractivity contribution < 1.29 is 13.2 Å². The summed E-state index contributed by atoms with van der Waals surface area (Å²) in [5.41, 5.74) is 1.02. The van der Waals surface area contributed by atoms with E-state index in [0.717, 1.165) is 42.0 Å². The molecule has 148 valence electrons. The van der Waals surface area contributed by atoms with Crippen molar-refractivity contribution in [2.24, 2.45) is 5.92 Å². The zero-order valence-electron chi connectivity index (χ0n) is 15.4. The topological polar surface area (TPSA) is 12.0 Å². The van der Waals surface area contributed by atoms with Gasteiger partial charge in [0, 0.05) is 16.8 Å². The molecule has 0 radical (unpaired) electrons. The molecule has 0 saturated carbocycles. The van der Waals surface area contributed by atoms with Crippen LogP contribution in [0.3, 0.4) is 0 Å². The van der Waals surface area contributed by atoms with Crippen molar-refractivity contribution in [3.05, 3.63) is 52.6 Å². The first kappa shape index (κ1) is 21.0. The lowest BCUT2D eigenvalue weighted by Gasteiger charge is -2.47. The van der Waals surface area contributed by atoms with Crippen molar-refractivity contribution in [1.29, 1.82) is 0 Å². The van der Waals surface area contributed by atoms with Gasteiger partial charge >= 0.3 is 6.18 Å². The van der Waals surface area contributed by atoms with E-state index in [1.54, 1.807) is 6.07 Å². The fraction of sp³-hybridized carbons (Fsp3) is 0.524. The molecule has 0 saturated heterocycles. The number of hydrogen-bond acceptors (Lipinski definition) is 1. The van der Waals surface area contributed by atoms with Gasteiger partial charge in [-0.3, -0.25) is 0 Å². The second-order valence-corrected chi connectivity index (χ2v) is 10.0. The second kappa shape index (κ2) is 7.97. The molecule has 1 aliphatic heterocycles. The number of halogens is 5. The summed E-state index contributed by atoms with van der Waals surface area (Å²) in [5.74, 6) is 0.314. The van der Waals surface area contributed by atoms with Crippen LogP contribution in [0.1, 0.15) is 56.6 Å². The molecule has 0 amide bonds. The second-order valence-electron chi connectivity index (χ2n) is 7.57. The molecule has 0 spiro atoms. The molecule has 1 nitrogen and oxygen atoms in total. The number of benzene rings is 1. The lowest BCUT2D eigenvalue weighted by molar-refractivity contribution is -0.137. The van der Waals surface area contributed by atoms with Crippen LogP contribution in [0.4, 0.5) is 18.9 Å². The van der Waals surface area contributed by atoms with Gasteiger partial charge in [0.2, 0.25) is 0 Å². The lowest BCUT2D eigenvalue weighted by Crippen LogP contribution is -2.50. The summed E-state index contributed by atoms with van der Waals surface area (Å²) in [6.07, 6.45) is 5.72. The molecule has 1 aromatic carbocycles. The van der Waals surface area contributed by atoms with Gasteiger partial charge in [-0.2, -0.15) is 13.2 Å². The maximum absolute atomic E-state index is 13.2. The van der Waals surface area contributed by atoms with E-state index in [-0.39, 0.29) is 21.3 Å². The molecule has 1 heterocycles. The van der Waals surface area contributed by atoms with Gasteiger partial charge in [0.05, 0.1) is 8.99 Å². The van der Waals surface area contributed by atoms with Crippen LogP contribution in [0.5, 0.6) is 0 Å². The average Bonchev–Trinajstić information content (AvgIpc) is 2.62. The fourth-order valence-corrected chi connectivity index (χ4v) is 5.37. The Morgan fingerprint density at radius 2 is 2.07 bits per heavy atom. The van der Waals surface area contributed by atoms with E-state index in [4.69, 9.17) is 11.6 Å². The minimum Gasteiger partial charge on any atom is -0.380 e. The van der Waals surface area contributed by atoms with Crippen LogP contribution in [0, 0.1) is 5.92 Å². The number of allylic oxidation sites excluding steroid dienone is 3. The Morgan fingerprint density at radius 1 is 1.33 bits per heavy atom. The first-order valence-corrected chi connectivity index (χ1v) is 10.8. The highest BCUT2D eigenvalue weighted by Crippen LogP contribution is 2.49. The summed E-state index contributed by atoms with van der Waals surface area (Å²) in [4.78, 5) is 0. The molecule has 0 bridgehead atoms. The van der Waals surface area contributed by atoms with Crippen molar-refractivity contribution in [2.45, 2.75) is 61.1 Å². The van der Waals surface area contributed by atoms with Gasteiger partial charge in [0.25, 0.3) is 0 Å². The maximum atomic E-state index is 13.2. The van der Waals surface area contributed by atoms with Crippen molar-refractivity contribution in [2.75, 3.05) is 5.32 Å². The van der Waals surface area contributed by atoms with Crippen molar-refractivity contribution >= 4 is 39.9 Å². The van der Waals surface area contributed by atoms with E-state index in [1.807, 2.05) is 12.2 Å². The van der Waals surface area contributed by atoms with Crippen molar-refractivity contribution in [1.82, 2.24) is 0 Å². The predicted octanol–water partition coefficient (Wildman–Crippen LogP) is 7.67. The molecule has 4 atom stereocenters. The van der Waals surface area contributed by atoms with E-state index in [2.05, 4.69) is 47.8 Å². The minimum atomic E-state index is -4.32. The molecule has 0 fully saturated rings. The molecule has 1 N–H and O–H groups in total. The predicted molar refractivity (Wildman–Crippen MR) is 115 cm³/mol. The number of rotatable bonds is 4. The van der Waals surface area contributed by atoms with Gasteiger partial charge < -0.3 is 5.32 Å². The van der Waals surface area contributed by atoms with E-state index >= 15 is 0 Å². The SMILES string of the molecule is CCCC[C@@H]1[C@H](C)c2cc(C(F)(F)F)ccc2N[C@H]1[C@]1(I)C=CC(Cl)=CC1. The Labute approximate surface area is 177 Å². The minimum absolute atomic E-state index is 0.0570. The average molecular weight is 510 g/mol. The van der Waals surface area contributed by atoms with E-state index < -0.39 is 11.7 Å². The van der Waals surface area contributed by atoms with Crippen LogP contribution in [0.2, 0.25) is 0 Å². The molecule has 3 rings (SSSR count). The zero-order chi connectivity index (χ0) is 19.8. The summed E-state index contributed by atoms with van der Waals surface area (Å²) in [6, 6.07) is 4.24. The molecule has 0 aromatic heterocycles. The third-order valence-electron chi connectivity index (χ3n) is 5.79. The Hall–Kier alpha value is -0.690. The number of unbranched alkanes of at least 4 members (excludes halogenated alkanes) is 1. The molecule has 27 heavy (non-hydrogen) atoms. The molecule has 2 aliphatic rings. The summed E-state index contributed by atoms with van der Waals surface area (Å²) >= 11 is 8.60. The normalized spacial score (nSPS) is 30.5. The largest absolute Gasteiger partial charge is 0.416 e. The standard InChI is InChI=1S/C21H24ClF3IN/c1-3-4-5-16-13(2)17-12-14(21(23,24)25)6-7-18(17)27-19(16)20(26)10-8-15(22)9-11-20/h6-10,12-13,16,19,27H,3-5,11H2,1-2H3/t13-,16+,19+,20-/m0/s1. The summed E-state index contributed by atoms with van der Waals surface area (Å²) in [7, 11) is 0. The maximum Gasteiger partial charge on any atom is 0.416 e. The van der Waals surface area contributed by atoms with Gasteiger partial charge in [-0.15, -0.1) is 0 Å². The zero-order valence-corrected chi connectivity index (χ0v) is 18.3. The van der Waals surface area contributed by atoms with E-state index in [9.17, 15) is 13.2 Å². The van der Waals surface area contributed by atoms with E-state index in [0.29, 0.717) is 0 Å². The van der Waals surface area contributed by atoms with Gasteiger partial charge in [0.15, 0.2) is 0 Å². The number of fused-ring (bicyclic) bond motifs is 1. The molecule has 6 heteroatoms. The number of nitrogens with one attached hydrogen (secondary N) is 1. The number of alkyl halides is 4. The molecular formula is C21H24ClF3IN. The highest BCUT2D eigenvalue weighted by atomic mass is 127. The fourth-order valence-electron chi connectivity index (χ4n) is 4.21. The number of anilines is 1. The van der Waals surface area contributed by atoms with Crippen molar-refractivity contribution in [3.63, 3.8) is 0 Å². The molecular weight excluding hydrogens is 486 g/mol. The Balaban J connectivity index is 1.99. The van der Waals surface area contributed by atoms with Crippen LogP contribution in [0.15, 0.2) is 41.5 Å². The molecule has 0 unspecified atom stereocenters. The van der Waals surface area contributed by atoms with Gasteiger partial charge in [-0.05, 0) is 54.5 Å². The monoisotopic (exact) mass is 509 g/mol. The summed E-state index contributed by atoms with van der Waals surface area (Å²) in [5, 5.41) is 4.33. The third-order valence-corrected chi connectivity index (χ3v) is 7.54. The van der Waals surface area contributed by atoms with Crippen LogP contribution < -0.4 is 5.32 Å². The highest BCUT2D eigenvalue weighted by molar-refractivity contribution is 14.1. The van der Waals surface area contributed by atoms with Crippen LogP contribution in [-0.4, -0.2) is 9.46 Å². The Bertz CT molecular complexity index is 758. The molecule has 1 aliphatic carbocycles. The van der Waals surface area contributed by atoms with Crippen LogP contribution >= 0.6 is 34.2 Å². The first-order valence-electron chi connectivity index (χ1n) is 9.37. The summed E-state index contributed by atoms with van der Waals surface area (Å²) in [6.45, 7) is 4.22. The van der Waals surface area contributed by atoms with Gasteiger partial charge in [-0.1, -0.05) is 73.0 Å². The van der Waals surface area contributed by atoms with Gasteiger partial charge in [0.1, 0.15) is 0 Å². The first-order chi connectivity index (χ1) is 12.7. The van der Waals surface area contributed by atoms with Crippen LogP contribution in [0.25, 0.3) is 0 Å². The van der Waals surface area contributed by atoms with Gasteiger partial charge in [-0.25, -0.2) is 0 Å². The quantitative estimate of drug-likeness (QED) is 0.324. The third kappa shape index (κ3) is 4.34. The summed E-state index contributed by atoms with van der Waals surface area (Å²) < 4.78 is 39.5. The smallest absolute Gasteiger partial charge is 0.380 e. The lowest BCUT2D eigenvalue weighted by atomic mass is 9.70. The van der Waals surface area contributed by atoms with Crippen LogP contribution in [-0.2, 0) is 6.18 Å². The highest BCUT2D eigenvalue weighted by Gasteiger charge is 2.45. The Morgan fingerprint density at radius 3 is 2.67 bits per heavy atom.